The van der Waals surface area contributed by atoms with Crippen LogP contribution in [0.2, 0.25) is 0 Å². The number of hydrogen-bond donors (Lipinski definition) is 1. The molecule has 0 fully saturated rings. The molecule has 1 rings (SSSR count). The number of rotatable bonds is 4. The van der Waals surface area contributed by atoms with E-state index in [1.54, 1.807) is 12.1 Å². The number of ketones is 1. The van der Waals surface area contributed by atoms with Crippen LogP contribution in [0.4, 0.5) is 0 Å². The third-order valence-electron chi connectivity index (χ3n) is 2.07. The van der Waals surface area contributed by atoms with Crippen LogP contribution in [-0.4, -0.2) is 11.8 Å². The highest BCUT2D eigenvalue weighted by molar-refractivity contribution is 9.10. The van der Waals surface area contributed by atoms with Gasteiger partial charge >= 0.3 is 0 Å². The number of nitrogens with two attached hydrogens (primary N) is 1. The summed E-state index contributed by atoms with van der Waals surface area (Å²) in [6.07, 6.45) is 1.68. The van der Waals surface area contributed by atoms with Gasteiger partial charge in [0, 0.05) is 10.0 Å². The van der Waals surface area contributed by atoms with E-state index in [4.69, 9.17) is 5.73 Å². The van der Waals surface area contributed by atoms with Crippen molar-refractivity contribution in [2.45, 2.75) is 25.8 Å². The molecule has 0 aromatic heterocycles. The van der Waals surface area contributed by atoms with E-state index in [9.17, 15) is 4.79 Å². The second-order valence-corrected chi connectivity index (χ2v) is 4.18. The lowest BCUT2D eigenvalue weighted by Gasteiger charge is -2.08. The summed E-state index contributed by atoms with van der Waals surface area (Å²) in [7, 11) is 0. The standard InChI is InChI=1S/C11H14BrNO/c1-2-3-10(13)11(14)8-4-6-9(12)7-5-8/h4-7,10H,2-3,13H2,1H3. The van der Waals surface area contributed by atoms with Crippen LogP contribution in [0.15, 0.2) is 28.7 Å². The number of carbonyl (C=O) groups is 1. The Morgan fingerprint density at radius 1 is 1.43 bits per heavy atom. The van der Waals surface area contributed by atoms with Crippen molar-refractivity contribution in [3.8, 4) is 0 Å². The molecule has 0 bridgehead atoms. The second-order valence-electron chi connectivity index (χ2n) is 3.27. The molecule has 1 unspecified atom stereocenters. The highest BCUT2D eigenvalue weighted by Crippen LogP contribution is 2.12. The molecule has 0 amide bonds. The second kappa shape index (κ2) is 5.27. The molecule has 0 heterocycles. The molecule has 76 valence electrons. The van der Waals surface area contributed by atoms with E-state index in [0.717, 1.165) is 17.3 Å². The lowest BCUT2D eigenvalue weighted by molar-refractivity contribution is 0.0957. The van der Waals surface area contributed by atoms with Crippen LogP contribution >= 0.6 is 15.9 Å². The summed E-state index contributed by atoms with van der Waals surface area (Å²) >= 11 is 3.32. The van der Waals surface area contributed by atoms with E-state index < -0.39 is 0 Å². The molecule has 0 spiro atoms. The molecule has 0 aliphatic rings. The number of carbonyl (C=O) groups excluding carboxylic acids is 1. The largest absolute Gasteiger partial charge is 0.321 e. The van der Waals surface area contributed by atoms with Crippen molar-refractivity contribution < 1.29 is 4.79 Å². The Morgan fingerprint density at radius 3 is 2.50 bits per heavy atom. The Kier molecular flexibility index (Phi) is 4.29. The minimum absolute atomic E-state index is 0.0272. The first-order valence-electron chi connectivity index (χ1n) is 4.70. The lowest BCUT2D eigenvalue weighted by Crippen LogP contribution is -2.30. The Balaban J connectivity index is 2.74. The van der Waals surface area contributed by atoms with Gasteiger partial charge in [-0.1, -0.05) is 41.4 Å². The van der Waals surface area contributed by atoms with Gasteiger partial charge in [-0.15, -0.1) is 0 Å². The van der Waals surface area contributed by atoms with Gasteiger partial charge in [0.25, 0.3) is 0 Å². The van der Waals surface area contributed by atoms with Gasteiger partial charge in [-0.2, -0.15) is 0 Å². The molecule has 1 atom stereocenters. The molecular weight excluding hydrogens is 242 g/mol. The van der Waals surface area contributed by atoms with Gasteiger partial charge < -0.3 is 5.73 Å². The maximum atomic E-state index is 11.7. The fourth-order valence-electron chi connectivity index (χ4n) is 1.27. The number of Topliss-reactive ketones (excluding diaryl/α,β-unsaturated/α-hetero) is 1. The molecule has 14 heavy (non-hydrogen) atoms. The van der Waals surface area contributed by atoms with E-state index in [0.29, 0.717) is 5.56 Å². The van der Waals surface area contributed by atoms with Gasteiger partial charge in [0.15, 0.2) is 5.78 Å². The third kappa shape index (κ3) is 2.93. The van der Waals surface area contributed by atoms with E-state index >= 15 is 0 Å². The predicted octanol–water partition coefficient (Wildman–Crippen LogP) is 2.76. The highest BCUT2D eigenvalue weighted by atomic mass is 79.9. The summed E-state index contributed by atoms with van der Waals surface area (Å²) in [6, 6.07) is 6.93. The first-order valence-corrected chi connectivity index (χ1v) is 5.49. The number of hydrogen-bond acceptors (Lipinski definition) is 2. The molecule has 0 saturated carbocycles. The summed E-state index contributed by atoms with van der Waals surface area (Å²) in [6.45, 7) is 2.02. The molecular formula is C11H14BrNO. The van der Waals surface area contributed by atoms with Crippen LogP contribution in [0.1, 0.15) is 30.1 Å². The predicted molar refractivity (Wildman–Crippen MR) is 61.4 cm³/mol. The van der Waals surface area contributed by atoms with Gasteiger partial charge in [-0.25, -0.2) is 0 Å². The van der Waals surface area contributed by atoms with Crippen molar-refractivity contribution in [1.82, 2.24) is 0 Å². The van der Waals surface area contributed by atoms with Gasteiger partial charge in [-0.3, -0.25) is 4.79 Å². The SMILES string of the molecule is CCCC(N)C(=O)c1ccc(Br)cc1. The molecule has 0 aliphatic carbocycles. The smallest absolute Gasteiger partial charge is 0.179 e. The Bertz CT molecular complexity index is 308. The van der Waals surface area contributed by atoms with Crippen LogP contribution in [0.5, 0.6) is 0 Å². The van der Waals surface area contributed by atoms with Crippen LogP contribution in [-0.2, 0) is 0 Å². The maximum absolute atomic E-state index is 11.7. The van der Waals surface area contributed by atoms with Crippen molar-refractivity contribution in [2.75, 3.05) is 0 Å². The van der Waals surface area contributed by atoms with Crippen LogP contribution < -0.4 is 5.73 Å². The normalized spacial score (nSPS) is 12.5. The minimum Gasteiger partial charge on any atom is -0.321 e. The summed E-state index contributed by atoms with van der Waals surface area (Å²) in [4.78, 5) is 11.7. The van der Waals surface area contributed by atoms with E-state index in [1.165, 1.54) is 0 Å². The van der Waals surface area contributed by atoms with Gasteiger partial charge in [0.2, 0.25) is 0 Å². The zero-order chi connectivity index (χ0) is 10.6. The van der Waals surface area contributed by atoms with E-state index in [2.05, 4.69) is 15.9 Å². The zero-order valence-electron chi connectivity index (χ0n) is 8.16. The van der Waals surface area contributed by atoms with Crippen molar-refractivity contribution in [3.63, 3.8) is 0 Å². The Hall–Kier alpha value is -0.670. The molecule has 1 aromatic rings. The Labute approximate surface area is 92.6 Å². The van der Waals surface area contributed by atoms with Gasteiger partial charge in [0.05, 0.1) is 6.04 Å². The van der Waals surface area contributed by atoms with Crippen molar-refractivity contribution in [1.29, 1.82) is 0 Å². The maximum Gasteiger partial charge on any atom is 0.179 e. The van der Waals surface area contributed by atoms with Crippen molar-refractivity contribution >= 4 is 21.7 Å². The highest BCUT2D eigenvalue weighted by Gasteiger charge is 2.13. The number of halogens is 1. The monoisotopic (exact) mass is 255 g/mol. The van der Waals surface area contributed by atoms with Gasteiger partial charge in [0.1, 0.15) is 0 Å². The van der Waals surface area contributed by atoms with Crippen LogP contribution in [0.25, 0.3) is 0 Å². The number of benzene rings is 1. The summed E-state index contributed by atoms with van der Waals surface area (Å²) in [5.74, 6) is 0.0272. The average Bonchev–Trinajstić information content (AvgIpc) is 2.18. The fraction of sp³-hybridized carbons (Fsp3) is 0.364. The molecule has 1 aromatic carbocycles. The van der Waals surface area contributed by atoms with Crippen molar-refractivity contribution in [3.05, 3.63) is 34.3 Å². The quantitative estimate of drug-likeness (QED) is 0.842. The summed E-state index contributed by atoms with van der Waals surface area (Å²) < 4.78 is 0.970. The topological polar surface area (TPSA) is 43.1 Å². The first-order chi connectivity index (χ1) is 6.65. The first kappa shape index (κ1) is 11.4. The van der Waals surface area contributed by atoms with Crippen molar-refractivity contribution in [2.24, 2.45) is 5.73 Å². The zero-order valence-corrected chi connectivity index (χ0v) is 9.75. The van der Waals surface area contributed by atoms with Gasteiger partial charge in [-0.05, 0) is 18.6 Å². The Morgan fingerprint density at radius 2 is 2.00 bits per heavy atom. The molecule has 3 heteroatoms. The van der Waals surface area contributed by atoms with E-state index in [1.807, 2.05) is 19.1 Å². The molecule has 0 saturated heterocycles. The molecule has 0 radical (unpaired) electrons. The summed E-state index contributed by atoms with van der Waals surface area (Å²) in [5.41, 5.74) is 6.43. The van der Waals surface area contributed by atoms with E-state index in [-0.39, 0.29) is 11.8 Å². The molecule has 0 aliphatic heterocycles. The minimum atomic E-state index is -0.360. The third-order valence-corrected chi connectivity index (χ3v) is 2.59. The summed E-state index contributed by atoms with van der Waals surface area (Å²) in [5, 5.41) is 0. The lowest BCUT2D eigenvalue weighted by atomic mass is 10.0. The molecule has 2 N–H and O–H groups in total. The molecule has 2 nitrogen and oxygen atoms in total. The van der Waals surface area contributed by atoms with Crippen LogP contribution in [0, 0.1) is 0 Å². The average molecular weight is 256 g/mol. The van der Waals surface area contributed by atoms with Crippen LogP contribution in [0.3, 0.4) is 0 Å². The fourth-order valence-corrected chi connectivity index (χ4v) is 1.53.